The fourth-order valence-electron chi connectivity index (χ4n) is 1.56. The molecule has 2 N–H and O–H groups in total. The van der Waals surface area contributed by atoms with Crippen molar-refractivity contribution in [1.82, 2.24) is 4.98 Å². The van der Waals surface area contributed by atoms with E-state index in [2.05, 4.69) is 20.9 Å². The quantitative estimate of drug-likeness (QED) is 0.909. The van der Waals surface area contributed by atoms with Crippen molar-refractivity contribution in [3.63, 3.8) is 0 Å². The van der Waals surface area contributed by atoms with Crippen molar-refractivity contribution in [2.24, 2.45) is 5.73 Å². The molecule has 0 fully saturated rings. The second kappa shape index (κ2) is 5.80. The van der Waals surface area contributed by atoms with Gasteiger partial charge in [0.1, 0.15) is 11.3 Å². The van der Waals surface area contributed by atoms with Gasteiger partial charge < -0.3 is 10.5 Å². The van der Waals surface area contributed by atoms with Gasteiger partial charge in [-0.2, -0.15) is 13.2 Å². The SMILES string of the molecule is NCc1cccc(Oc2ncc(Br)cc2C(F)(F)F)c1. The molecule has 0 radical (unpaired) electrons. The number of hydrogen-bond acceptors (Lipinski definition) is 3. The third-order valence-electron chi connectivity index (χ3n) is 2.47. The lowest BCUT2D eigenvalue weighted by molar-refractivity contribution is -0.138. The van der Waals surface area contributed by atoms with Gasteiger partial charge in [-0.05, 0) is 39.7 Å². The van der Waals surface area contributed by atoms with Crippen molar-refractivity contribution < 1.29 is 17.9 Å². The minimum absolute atomic E-state index is 0.230. The highest BCUT2D eigenvalue weighted by molar-refractivity contribution is 9.10. The number of pyridine rings is 1. The van der Waals surface area contributed by atoms with Crippen molar-refractivity contribution in [2.75, 3.05) is 0 Å². The maximum Gasteiger partial charge on any atom is 0.421 e. The summed E-state index contributed by atoms with van der Waals surface area (Å²) in [6, 6.07) is 7.46. The molecule has 2 aromatic rings. The summed E-state index contributed by atoms with van der Waals surface area (Å²) in [4.78, 5) is 3.68. The van der Waals surface area contributed by atoms with Gasteiger partial charge in [0.25, 0.3) is 0 Å². The maximum absolute atomic E-state index is 12.9. The molecule has 7 heteroatoms. The van der Waals surface area contributed by atoms with Gasteiger partial charge in [0.05, 0.1) is 0 Å². The monoisotopic (exact) mass is 346 g/mol. The van der Waals surface area contributed by atoms with Crippen LogP contribution < -0.4 is 10.5 Å². The summed E-state index contributed by atoms with van der Waals surface area (Å²) >= 11 is 2.96. The Morgan fingerprint density at radius 2 is 2.00 bits per heavy atom. The number of nitrogens with zero attached hydrogens (tertiary/aromatic N) is 1. The molecule has 0 aliphatic rings. The van der Waals surface area contributed by atoms with Crippen molar-refractivity contribution >= 4 is 15.9 Å². The first-order valence-corrected chi connectivity index (χ1v) is 6.39. The van der Waals surface area contributed by atoms with Crippen LogP contribution in [-0.4, -0.2) is 4.98 Å². The molecule has 0 unspecified atom stereocenters. The van der Waals surface area contributed by atoms with E-state index in [1.165, 1.54) is 6.20 Å². The van der Waals surface area contributed by atoms with Crippen molar-refractivity contribution in [3.05, 3.63) is 52.1 Å². The van der Waals surface area contributed by atoms with Gasteiger partial charge in [-0.15, -0.1) is 0 Å². The number of aromatic nitrogens is 1. The fraction of sp³-hybridized carbons (Fsp3) is 0.154. The van der Waals surface area contributed by atoms with Gasteiger partial charge >= 0.3 is 6.18 Å². The Morgan fingerprint density at radius 3 is 2.65 bits per heavy atom. The minimum atomic E-state index is -4.54. The average Bonchev–Trinajstić information content (AvgIpc) is 2.40. The van der Waals surface area contributed by atoms with E-state index in [1.807, 2.05) is 0 Å². The fourth-order valence-corrected chi connectivity index (χ4v) is 1.89. The molecule has 2 rings (SSSR count). The zero-order valence-corrected chi connectivity index (χ0v) is 11.7. The number of hydrogen-bond donors (Lipinski definition) is 1. The Labute approximate surface area is 121 Å². The van der Waals surface area contributed by atoms with E-state index >= 15 is 0 Å². The summed E-state index contributed by atoms with van der Waals surface area (Å²) < 4.78 is 44.2. The Kier molecular flexibility index (Phi) is 4.29. The Hall–Kier alpha value is -1.60. The number of nitrogens with two attached hydrogens (primary N) is 1. The smallest absolute Gasteiger partial charge is 0.421 e. The Bertz CT molecular complexity index is 617. The first-order valence-electron chi connectivity index (χ1n) is 5.60. The molecule has 0 saturated carbocycles. The summed E-state index contributed by atoms with van der Waals surface area (Å²) in [6.07, 6.45) is -3.30. The van der Waals surface area contributed by atoms with Crippen LogP contribution in [0.15, 0.2) is 41.0 Å². The third kappa shape index (κ3) is 3.49. The zero-order chi connectivity index (χ0) is 14.8. The largest absolute Gasteiger partial charge is 0.438 e. The molecule has 3 nitrogen and oxygen atoms in total. The van der Waals surface area contributed by atoms with Gasteiger partial charge in [0, 0.05) is 17.2 Å². The second-order valence-corrected chi connectivity index (χ2v) is 4.87. The van der Waals surface area contributed by atoms with E-state index in [4.69, 9.17) is 10.5 Å². The van der Waals surface area contributed by atoms with Gasteiger partial charge in [-0.25, -0.2) is 4.98 Å². The Morgan fingerprint density at radius 1 is 1.25 bits per heavy atom. The lowest BCUT2D eigenvalue weighted by Gasteiger charge is -2.13. The topological polar surface area (TPSA) is 48.1 Å². The molecule has 0 bridgehead atoms. The molecule has 0 amide bonds. The molecule has 0 saturated heterocycles. The summed E-state index contributed by atoms with van der Waals surface area (Å²) in [7, 11) is 0. The van der Waals surface area contributed by atoms with Crippen LogP contribution in [0, 0.1) is 0 Å². The van der Waals surface area contributed by atoms with Crippen LogP contribution in [0.1, 0.15) is 11.1 Å². The summed E-state index contributed by atoms with van der Waals surface area (Å²) in [5.74, 6) is -0.233. The molecule has 0 atom stereocenters. The van der Waals surface area contributed by atoms with Crippen LogP contribution in [0.2, 0.25) is 0 Å². The van der Waals surface area contributed by atoms with Crippen LogP contribution in [0.4, 0.5) is 13.2 Å². The van der Waals surface area contributed by atoms with Crippen molar-refractivity contribution in [1.29, 1.82) is 0 Å². The summed E-state index contributed by atoms with van der Waals surface area (Å²) in [5, 5.41) is 0. The highest BCUT2D eigenvalue weighted by Gasteiger charge is 2.35. The summed E-state index contributed by atoms with van der Waals surface area (Å²) in [5.41, 5.74) is 5.29. The predicted molar refractivity (Wildman–Crippen MR) is 71.3 cm³/mol. The number of halogens is 4. The predicted octanol–water partition coefficient (Wildman–Crippen LogP) is 4.11. The lowest BCUT2D eigenvalue weighted by Crippen LogP contribution is -2.08. The van der Waals surface area contributed by atoms with Gasteiger partial charge in [0.2, 0.25) is 5.88 Å². The molecule has 1 heterocycles. The molecule has 106 valence electrons. The third-order valence-corrected chi connectivity index (χ3v) is 2.91. The molecule has 20 heavy (non-hydrogen) atoms. The first kappa shape index (κ1) is 14.8. The molecule has 0 aliphatic carbocycles. The highest BCUT2D eigenvalue weighted by Crippen LogP contribution is 2.38. The average molecular weight is 347 g/mol. The van der Waals surface area contributed by atoms with Crippen molar-refractivity contribution in [3.8, 4) is 11.6 Å². The minimum Gasteiger partial charge on any atom is -0.438 e. The molecule has 1 aromatic carbocycles. The van der Waals surface area contributed by atoms with E-state index in [1.54, 1.807) is 24.3 Å². The molecule has 0 aliphatic heterocycles. The molecule has 1 aromatic heterocycles. The van der Waals surface area contributed by atoms with Gasteiger partial charge in [0.15, 0.2) is 0 Å². The molecular formula is C13H10BrF3N2O. The van der Waals surface area contributed by atoms with E-state index in [-0.39, 0.29) is 16.8 Å². The number of rotatable bonds is 3. The maximum atomic E-state index is 12.9. The Balaban J connectivity index is 2.38. The second-order valence-electron chi connectivity index (χ2n) is 3.96. The number of ether oxygens (including phenoxy) is 1. The highest BCUT2D eigenvalue weighted by atomic mass is 79.9. The lowest BCUT2D eigenvalue weighted by atomic mass is 10.2. The van der Waals surface area contributed by atoms with Gasteiger partial charge in [-0.1, -0.05) is 12.1 Å². The van der Waals surface area contributed by atoms with Crippen LogP contribution in [-0.2, 0) is 12.7 Å². The number of benzene rings is 1. The van der Waals surface area contributed by atoms with Crippen LogP contribution in [0.3, 0.4) is 0 Å². The normalized spacial score (nSPS) is 11.4. The first-order chi connectivity index (χ1) is 9.40. The van der Waals surface area contributed by atoms with Crippen molar-refractivity contribution in [2.45, 2.75) is 12.7 Å². The van der Waals surface area contributed by atoms with E-state index < -0.39 is 17.6 Å². The van der Waals surface area contributed by atoms with E-state index in [0.717, 1.165) is 11.6 Å². The molecule has 0 spiro atoms. The van der Waals surface area contributed by atoms with Crippen LogP contribution >= 0.6 is 15.9 Å². The number of alkyl halides is 3. The van der Waals surface area contributed by atoms with E-state index in [9.17, 15) is 13.2 Å². The van der Waals surface area contributed by atoms with Crippen LogP contribution in [0.5, 0.6) is 11.6 Å². The zero-order valence-electron chi connectivity index (χ0n) is 10.1. The molecular weight excluding hydrogens is 337 g/mol. The van der Waals surface area contributed by atoms with E-state index in [0.29, 0.717) is 0 Å². The standard InChI is InChI=1S/C13H10BrF3N2O/c14-9-5-11(13(15,16)17)12(19-7-9)20-10-3-1-2-8(4-10)6-18/h1-5,7H,6,18H2. The van der Waals surface area contributed by atoms with Gasteiger partial charge in [-0.3, -0.25) is 0 Å². The van der Waals surface area contributed by atoms with Crippen LogP contribution in [0.25, 0.3) is 0 Å². The summed E-state index contributed by atoms with van der Waals surface area (Å²) in [6.45, 7) is 0.275.